The third kappa shape index (κ3) is 4.34. The smallest absolute Gasteiger partial charge is 0.278 e. The van der Waals surface area contributed by atoms with Crippen LogP contribution in [-0.2, 0) is 24.1 Å². The number of aryl methyl sites for hydroxylation is 2. The number of fused-ring (bicyclic) bond motifs is 2. The molecule has 6 nitrogen and oxygen atoms in total. The van der Waals surface area contributed by atoms with Crippen LogP contribution in [0.25, 0.3) is 22.4 Å². The summed E-state index contributed by atoms with van der Waals surface area (Å²) in [5.74, 6) is -0.286. The molecule has 0 aromatic heterocycles. The van der Waals surface area contributed by atoms with Crippen LogP contribution in [0.4, 0.5) is 4.39 Å². The minimum Gasteiger partial charge on any atom is -0.376 e. The number of benzene rings is 2. The van der Waals surface area contributed by atoms with Crippen LogP contribution >= 0.6 is 0 Å². The zero-order valence-electron chi connectivity index (χ0n) is 18.4. The molecule has 2 aliphatic heterocycles. The maximum Gasteiger partial charge on any atom is 0.278 e. The van der Waals surface area contributed by atoms with Gasteiger partial charge in [-0.2, -0.15) is 0 Å². The quantitative estimate of drug-likeness (QED) is 0.448. The molecule has 1 N–H and O–H groups in total. The number of H-pyrrole nitrogens is 1. The zero-order chi connectivity index (χ0) is 22.8. The largest absolute Gasteiger partial charge is 0.376 e. The molecular formula is C25H26FN3O3. The first-order chi connectivity index (χ1) is 15.4. The summed E-state index contributed by atoms with van der Waals surface area (Å²) in [7, 11) is 0. The van der Waals surface area contributed by atoms with Crippen LogP contribution in [0.1, 0.15) is 30.5 Å². The number of ether oxygens (including phenoxy) is 1. The Kier molecular flexibility index (Phi) is 6.19. The van der Waals surface area contributed by atoms with Gasteiger partial charge >= 0.3 is 0 Å². The first-order valence-corrected chi connectivity index (χ1v) is 10.8. The van der Waals surface area contributed by atoms with E-state index in [1.807, 2.05) is 30.5 Å². The van der Waals surface area contributed by atoms with Crippen molar-refractivity contribution in [1.82, 2.24) is 14.5 Å². The lowest BCUT2D eigenvalue weighted by Gasteiger charge is -2.24. The topological polar surface area (TPSA) is 77.0 Å². The average molecular weight is 435 g/mol. The first kappa shape index (κ1) is 21.9. The highest BCUT2D eigenvalue weighted by molar-refractivity contribution is 5.81. The van der Waals surface area contributed by atoms with E-state index in [1.165, 1.54) is 18.2 Å². The lowest BCUT2D eigenvalue weighted by Crippen LogP contribution is -2.29. The lowest BCUT2D eigenvalue weighted by molar-refractivity contribution is 0.0519. The van der Waals surface area contributed by atoms with Crippen LogP contribution < -0.4 is 11.1 Å². The van der Waals surface area contributed by atoms with Crippen LogP contribution in [0.15, 0.2) is 52.1 Å². The SMILES string of the molecule is CCOC(Cc1ccc(F)cc1)Cn1c2cc(=O)[nH]c(=O)c-2nc2cc(CC)c(C)cc21. The van der Waals surface area contributed by atoms with Gasteiger partial charge in [0.25, 0.3) is 11.1 Å². The maximum atomic E-state index is 13.3. The first-order valence-electron chi connectivity index (χ1n) is 10.8. The third-order valence-corrected chi connectivity index (χ3v) is 5.76. The van der Waals surface area contributed by atoms with Gasteiger partial charge in [-0.3, -0.25) is 14.6 Å². The number of halogens is 1. The van der Waals surface area contributed by atoms with Crippen molar-refractivity contribution >= 4 is 11.0 Å². The Bertz CT molecular complexity index is 1340. The van der Waals surface area contributed by atoms with E-state index in [9.17, 15) is 14.0 Å². The van der Waals surface area contributed by atoms with Crippen LogP contribution in [0, 0.1) is 12.7 Å². The average Bonchev–Trinajstić information content (AvgIpc) is 2.76. The molecule has 0 spiro atoms. The Morgan fingerprint density at radius 1 is 1.12 bits per heavy atom. The van der Waals surface area contributed by atoms with E-state index in [4.69, 9.17) is 4.74 Å². The summed E-state index contributed by atoms with van der Waals surface area (Å²) >= 11 is 0. The molecule has 2 heterocycles. The van der Waals surface area contributed by atoms with Crippen LogP contribution in [0.5, 0.6) is 0 Å². The second-order valence-electron chi connectivity index (χ2n) is 7.95. The summed E-state index contributed by atoms with van der Waals surface area (Å²) < 4.78 is 21.3. The van der Waals surface area contributed by atoms with Crippen LogP contribution in [-0.4, -0.2) is 27.2 Å². The van der Waals surface area contributed by atoms with Gasteiger partial charge in [0.1, 0.15) is 5.82 Å². The summed E-state index contributed by atoms with van der Waals surface area (Å²) in [6.45, 7) is 6.95. The van der Waals surface area contributed by atoms with E-state index in [0.29, 0.717) is 30.8 Å². The van der Waals surface area contributed by atoms with Crippen LogP contribution in [0.3, 0.4) is 0 Å². The summed E-state index contributed by atoms with van der Waals surface area (Å²) in [4.78, 5) is 31.6. The fourth-order valence-electron chi connectivity index (χ4n) is 4.19. The van der Waals surface area contributed by atoms with Gasteiger partial charge in [-0.15, -0.1) is 0 Å². The molecule has 0 aliphatic carbocycles. The standard InChI is InChI=1S/C25H26FN3O3/c1-4-17-12-20-21(10-15(17)3)29(22-13-23(30)28-25(31)24(22)27-20)14-19(32-5-2)11-16-6-8-18(26)9-7-16/h6-10,12-13,19H,4-5,11,14H2,1-3H3,(H,28,30,31). The number of rotatable bonds is 7. The normalized spacial score (nSPS) is 12.5. The second kappa shape index (κ2) is 9.04. The highest BCUT2D eigenvalue weighted by Crippen LogP contribution is 2.26. The molecule has 166 valence electrons. The highest BCUT2D eigenvalue weighted by atomic mass is 19.1. The molecule has 0 saturated carbocycles. The van der Waals surface area contributed by atoms with Crippen molar-refractivity contribution in [3.8, 4) is 11.4 Å². The Balaban J connectivity index is 1.88. The fourth-order valence-corrected chi connectivity index (χ4v) is 4.19. The monoisotopic (exact) mass is 435 g/mol. The number of hydrogen-bond acceptors (Lipinski definition) is 4. The molecule has 7 heteroatoms. The molecule has 0 bridgehead atoms. The minimum absolute atomic E-state index is 0.222. The van der Waals surface area contributed by atoms with Crippen molar-refractivity contribution in [3.05, 3.63) is 85.7 Å². The highest BCUT2D eigenvalue weighted by Gasteiger charge is 2.21. The van der Waals surface area contributed by atoms with E-state index < -0.39 is 11.1 Å². The molecule has 1 unspecified atom stereocenters. The number of aromatic amines is 1. The number of nitrogens with zero attached hydrogens (tertiary/aromatic N) is 2. The van der Waals surface area contributed by atoms with Gasteiger partial charge in [-0.25, -0.2) is 9.37 Å². The zero-order valence-corrected chi connectivity index (χ0v) is 18.4. The van der Waals surface area contributed by atoms with Crippen molar-refractivity contribution in [1.29, 1.82) is 0 Å². The molecule has 2 aromatic carbocycles. The third-order valence-electron chi connectivity index (χ3n) is 5.76. The van der Waals surface area contributed by atoms with E-state index in [-0.39, 0.29) is 17.6 Å². The maximum absolute atomic E-state index is 13.3. The molecule has 4 rings (SSSR count). The fraction of sp³-hybridized carbons (Fsp3) is 0.320. The second-order valence-corrected chi connectivity index (χ2v) is 7.95. The molecule has 2 aromatic rings. The van der Waals surface area contributed by atoms with E-state index in [1.54, 1.807) is 12.1 Å². The Morgan fingerprint density at radius 3 is 2.56 bits per heavy atom. The van der Waals surface area contributed by atoms with Crippen molar-refractivity contribution in [2.45, 2.75) is 46.3 Å². The lowest BCUT2D eigenvalue weighted by atomic mass is 10.0. The minimum atomic E-state index is -0.506. The van der Waals surface area contributed by atoms with Crippen molar-refractivity contribution in [2.75, 3.05) is 6.61 Å². The molecule has 1 atom stereocenters. The Hall–Kier alpha value is -3.32. The number of hydrogen-bond donors (Lipinski definition) is 1. The molecular weight excluding hydrogens is 409 g/mol. The number of nitrogens with one attached hydrogen (secondary N) is 1. The van der Waals surface area contributed by atoms with Gasteiger partial charge in [0.05, 0.1) is 22.8 Å². The van der Waals surface area contributed by atoms with E-state index >= 15 is 0 Å². The van der Waals surface area contributed by atoms with Gasteiger partial charge in [0, 0.05) is 25.6 Å². The number of aromatic nitrogens is 3. The van der Waals surface area contributed by atoms with Crippen molar-refractivity contribution in [3.63, 3.8) is 0 Å². The van der Waals surface area contributed by atoms with Gasteiger partial charge in [-0.05, 0) is 61.2 Å². The van der Waals surface area contributed by atoms with E-state index in [2.05, 4.69) is 16.9 Å². The summed E-state index contributed by atoms with van der Waals surface area (Å²) in [6.07, 6.45) is 1.17. The predicted molar refractivity (Wildman–Crippen MR) is 123 cm³/mol. The van der Waals surface area contributed by atoms with E-state index in [0.717, 1.165) is 28.6 Å². The molecule has 0 fully saturated rings. The van der Waals surface area contributed by atoms with Gasteiger partial charge in [0.2, 0.25) is 0 Å². The number of pyridine rings is 1. The molecule has 0 radical (unpaired) electrons. The van der Waals surface area contributed by atoms with Crippen molar-refractivity contribution in [2.24, 2.45) is 0 Å². The summed E-state index contributed by atoms with van der Waals surface area (Å²) in [5, 5.41) is 0. The molecule has 0 saturated heterocycles. The predicted octanol–water partition coefficient (Wildman–Crippen LogP) is 3.85. The summed E-state index contributed by atoms with van der Waals surface area (Å²) in [6, 6.07) is 11.8. The van der Waals surface area contributed by atoms with Crippen LogP contribution in [0.2, 0.25) is 0 Å². The molecule has 32 heavy (non-hydrogen) atoms. The Labute approximate surface area is 185 Å². The molecule has 0 amide bonds. The Morgan fingerprint density at radius 2 is 1.88 bits per heavy atom. The van der Waals surface area contributed by atoms with Gasteiger partial charge in [0.15, 0.2) is 5.69 Å². The molecule has 2 aliphatic rings. The van der Waals surface area contributed by atoms with Gasteiger partial charge < -0.3 is 9.30 Å². The van der Waals surface area contributed by atoms with Crippen molar-refractivity contribution < 1.29 is 9.13 Å². The summed E-state index contributed by atoms with van der Waals surface area (Å²) in [5.41, 5.74) is 4.47. The van der Waals surface area contributed by atoms with Gasteiger partial charge in [-0.1, -0.05) is 19.1 Å².